The molecule has 1 unspecified atom stereocenters. The van der Waals surface area contributed by atoms with E-state index in [1.54, 1.807) is 42.7 Å². The van der Waals surface area contributed by atoms with Gasteiger partial charge in [0.15, 0.2) is 0 Å². The summed E-state index contributed by atoms with van der Waals surface area (Å²) in [5.74, 6) is -3.61. The lowest BCUT2D eigenvalue weighted by Crippen LogP contribution is -2.54. The predicted molar refractivity (Wildman–Crippen MR) is 247 cm³/mol. The highest BCUT2D eigenvalue weighted by Crippen LogP contribution is 2.33. The monoisotopic (exact) mass is 936 g/mol. The van der Waals surface area contributed by atoms with Crippen molar-refractivity contribution < 1.29 is 47.0 Å². The van der Waals surface area contributed by atoms with Gasteiger partial charge in [0, 0.05) is 87.0 Å². The first kappa shape index (κ1) is 47.9. The smallest absolute Gasteiger partial charge is 0.264 e. The van der Waals surface area contributed by atoms with Crippen LogP contribution in [-0.4, -0.2) is 158 Å². The van der Waals surface area contributed by atoms with Gasteiger partial charge in [0.1, 0.15) is 17.7 Å². The topological polar surface area (TPSA) is 223 Å². The van der Waals surface area contributed by atoms with E-state index in [2.05, 4.69) is 25.8 Å². The van der Waals surface area contributed by atoms with Crippen molar-refractivity contribution >= 4 is 58.0 Å². The van der Waals surface area contributed by atoms with Crippen LogP contribution in [-0.2, 0) is 35.1 Å². The molecule has 5 amide bonds. The Labute approximate surface area is 391 Å². The molecular weight excluding hydrogens is 883 g/mol. The van der Waals surface area contributed by atoms with E-state index in [0.29, 0.717) is 111 Å². The number of anilines is 1. The highest BCUT2D eigenvalue weighted by molar-refractivity contribution is 6.25. The third-order valence-electron chi connectivity index (χ3n) is 12.3. The lowest BCUT2D eigenvalue weighted by molar-refractivity contribution is -0.136. The molecule has 4 aliphatic rings. The number of amides is 5. The van der Waals surface area contributed by atoms with Crippen LogP contribution in [0.3, 0.4) is 0 Å². The second-order valence-corrected chi connectivity index (χ2v) is 16.8. The largest absolute Gasteiger partial charge is 0.404 e. The van der Waals surface area contributed by atoms with Gasteiger partial charge in [0.25, 0.3) is 11.8 Å². The van der Waals surface area contributed by atoms with Crippen molar-refractivity contribution in [1.82, 2.24) is 35.3 Å². The molecule has 68 heavy (non-hydrogen) atoms. The first-order chi connectivity index (χ1) is 33.1. The van der Waals surface area contributed by atoms with E-state index in [1.807, 2.05) is 4.90 Å². The molecule has 3 aromatic carbocycles. The molecule has 8 rings (SSSR count). The van der Waals surface area contributed by atoms with Crippen molar-refractivity contribution in [1.29, 1.82) is 0 Å². The number of halogens is 2. The van der Waals surface area contributed by atoms with E-state index >= 15 is 8.78 Å². The Morgan fingerprint density at radius 1 is 0.897 bits per heavy atom. The van der Waals surface area contributed by atoms with Crippen LogP contribution in [0.4, 0.5) is 14.5 Å². The molecule has 5 N–H and O–H groups in total. The molecule has 20 heteroatoms. The molecule has 1 atom stereocenters. The molecule has 0 spiro atoms. The first-order valence-electron chi connectivity index (χ1n) is 22.8. The number of ether oxygens (including phenoxy) is 3. The van der Waals surface area contributed by atoms with Crippen LogP contribution in [0.2, 0.25) is 0 Å². The van der Waals surface area contributed by atoms with Gasteiger partial charge in [0.05, 0.1) is 86.3 Å². The maximum absolute atomic E-state index is 15.4. The molecule has 0 aliphatic carbocycles. The second kappa shape index (κ2) is 22.5. The fourth-order valence-corrected chi connectivity index (χ4v) is 8.67. The highest BCUT2D eigenvalue weighted by Gasteiger charge is 2.45. The summed E-state index contributed by atoms with van der Waals surface area (Å²) in [6.07, 6.45) is 6.28. The fraction of sp³-hybridized carbons (Fsp3) is 0.417. The molecule has 18 nitrogen and oxygen atoms in total. The summed E-state index contributed by atoms with van der Waals surface area (Å²) in [4.78, 5) is 82.1. The SMILES string of the molecule is NC=C(C=NC1CCN(CC(=O)NCCOCCOCCNc2cccc3c2C(=O)N(C2CCC(=O)NC2=O)C3=O)CC1)c1cnc2cccc(-c3cc(F)c(CN4CCOCC4)c(F)c3)c2n1. The van der Waals surface area contributed by atoms with Crippen LogP contribution in [0.5, 0.6) is 0 Å². The molecule has 1 aromatic heterocycles. The van der Waals surface area contributed by atoms with Gasteiger partial charge in [-0.1, -0.05) is 18.2 Å². The Balaban J connectivity index is 0.716. The van der Waals surface area contributed by atoms with Crippen molar-refractivity contribution in [2.75, 3.05) is 90.8 Å². The molecule has 4 aliphatic heterocycles. The Kier molecular flexibility index (Phi) is 15.8. The average Bonchev–Trinajstić information content (AvgIpc) is 3.60. The number of benzene rings is 3. The van der Waals surface area contributed by atoms with E-state index < -0.39 is 41.3 Å². The van der Waals surface area contributed by atoms with Crippen LogP contribution in [0, 0.1) is 11.6 Å². The predicted octanol–water partition coefficient (Wildman–Crippen LogP) is 2.90. The lowest BCUT2D eigenvalue weighted by Gasteiger charge is -2.29. The van der Waals surface area contributed by atoms with Crippen molar-refractivity contribution in [3.05, 3.63) is 94.9 Å². The van der Waals surface area contributed by atoms with Gasteiger partial charge in [0.2, 0.25) is 17.7 Å². The third-order valence-corrected chi connectivity index (χ3v) is 12.3. The minimum atomic E-state index is -1.04. The van der Waals surface area contributed by atoms with Crippen molar-refractivity contribution in [2.24, 2.45) is 10.7 Å². The molecule has 358 valence electrons. The normalized spacial score (nSPS) is 18.7. The van der Waals surface area contributed by atoms with Crippen molar-refractivity contribution in [3.8, 4) is 11.1 Å². The number of nitrogens with zero attached hydrogens (tertiary/aromatic N) is 6. The number of rotatable bonds is 19. The minimum absolute atomic E-state index is 0.00770. The van der Waals surface area contributed by atoms with E-state index in [9.17, 15) is 24.0 Å². The van der Waals surface area contributed by atoms with Gasteiger partial charge >= 0.3 is 0 Å². The zero-order valence-corrected chi connectivity index (χ0v) is 37.5. The van der Waals surface area contributed by atoms with Crippen molar-refractivity contribution in [3.63, 3.8) is 0 Å². The van der Waals surface area contributed by atoms with Crippen LogP contribution in [0.15, 0.2) is 65.9 Å². The molecular formula is C48H54F2N10O8. The van der Waals surface area contributed by atoms with E-state index in [-0.39, 0.29) is 61.2 Å². The van der Waals surface area contributed by atoms with Gasteiger partial charge in [-0.05, 0) is 55.2 Å². The number of fused-ring (bicyclic) bond motifs is 2. The highest BCUT2D eigenvalue weighted by atomic mass is 19.1. The third kappa shape index (κ3) is 11.4. The Morgan fingerprint density at radius 2 is 1.62 bits per heavy atom. The first-order valence-corrected chi connectivity index (χ1v) is 22.8. The zero-order chi connectivity index (χ0) is 47.6. The average molecular weight is 937 g/mol. The molecule has 0 bridgehead atoms. The number of likely N-dealkylation sites (tertiary alicyclic amines) is 1. The molecule has 3 saturated heterocycles. The van der Waals surface area contributed by atoms with E-state index in [1.165, 1.54) is 24.4 Å². The Bertz CT molecular complexity index is 2580. The molecule has 5 heterocycles. The molecule has 0 saturated carbocycles. The van der Waals surface area contributed by atoms with Gasteiger partial charge in [-0.2, -0.15) is 0 Å². The number of aromatic nitrogens is 2. The van der Waals surface area contributed by atoms with Crippen LogP contribution in [0.1, 0.15) is 57.7 Å². The Morgan fingerprint density at radius 3 is 2.35 bits per heavy atom. The maximum Gasteiger partial charge on any atom is 0.264 e. The van der Waals surface area contributed by atoms with Gasteiger partial charge in [-0.3, -0.25) is 54.0 Å². The number of aliphatic imine (C=N–C) groups is 1. The summed E-state index contributed by atoms with van der Waals surface area (Å²) in [5.41, 5.74) is 9.84. The summed E-state index contributed by atoms with van der Waals surface area (Å²) in [5, 5.41) is 8.21. The number of allylic oxidation sites excluding steroid dienone is 1. The number of imide groups is 2. The summed E-state index contributed by atoms with van der Waals surface area (Å²) < 4.78 is 47.4. The molecule has 4 aromatic rings. The maximum atomic E-state index is 15.4. The number of piperidine rings is 2. The minimum Gasteiger partial charge on any atom is -0.404 e. The summed E-state index contributed by atoms with van der Waals surface area (Å²) in [7, 11) is 0. The number of para-hydroxylation sites is 1. The van der Waals surface area contributed by atoms with E-state index in [4.69, 9.17) is 29.9 Å². The van der Waals surface area contributed by atoms with Gasteiger partial charge in [-0.15, -0.1) is 0 Å². The van der Waals surface area contributed by atoms with Crippen LogP contribution in [0.25, 0.3) is 27.7 Å². The number of hydrogen-bond donors (Lipinski definition) is 4. The summed E-state index contributed by atoms with van der Waals surface area (Å²) >= 11 is 0. The van der Waals surface area contributed by atoms with Crippen LogP contribution >= 0.6 is 0 Å². The number of morpholine rings is 1. The Hall–Kier alpha value is -6.58. The molecule has 0 radical (unpaired) electrons. The fourth-order valence-electron chi connectivity index (χ4n) is 8.67. The number of carbonyl (C=O) groups excluding carboxylic acids is 5. The quantitative estimate of drug-likeness (QED) is 0.0604. The summed E-state index contributed by atoms with van der Waals surface area (Å²) in [6.45, 7) is 5.94. The summed E-state index contributed by atoms with van der Waals surface area (Å²) in [6, 6.07) is 11.8. The van der Waals surface area contributed by atoms with Gasteiger partial charge in [-0.25, -0.2) is 13.8 Å². The zero-order valence-electron chi connectivity index (χ0n) is 37.5. The van der Waals surface area contributed by atoms with Gasteiger partial charge < -0.3 is 30.6 Å². The second-order valence-electron chi connectivity index (χ2n) is 16.8. The van der Waals surface area contributed by atoms with Crippen LogP contribution < -0.4 is 21.7 Å². The van der Waals surface area contributed by atoms with E-state index in [0.717, 1.165) is 17.7 Å². The van der Waals surface area contributed by atoms with Crippen molar-refractivity contribution in [2.45, 2.75) is 44.3 Å². The standard InChI is InChI=1S/C48H54F2N10O8/c49-36-23-30(24-37(50)35(36)28-59-15-19-68-20-16-59)33-3-1-6-39-45(33)56-40(27-55-39)31(25-51)26-54-32-9-13-58(14-10-32)29-43(62)53-12-18-67-22-21-66-17-11-52-38-5-2-4-34-44(38)48(65)60(47(34)64)41-7-8-42(61)57-46(41)63/h1-6,23-27,32,41,52H,7-22,28-29,51H2,(H,53,62)(H,57,61,63). The number of carbonyl (C=O) groups is 5. The molecule has 3 fully saturated rings. The number of nitrogens with one attached hydrogen (secondary N) is 3. The number of hydrogen-bond acceptors (Lipinski definition) is 15. The lowest BCUT2D eigenvalue weighted by atomic mass is 10.0. The number of nitrogens with two attached hydrogens (primary N) is 1.